The highest BCUT2D eigenvalue weighted by molar-refractivity contribution is 7.92. The van der Waals surface area contributed by atoms with Crippen molar-refractivity contribution in [3.05, 3.63) is 98.7 Å². The molecule has 0 aliphatic heterocycles. The number of hydrogen-bond acceptors (Lipinski definition) is 6. The SMILES string of the molecule is Cc1nn(CC(F)(F)F)c2c(-c3ccc(CCC(C)(C)S(C)(=O)=O)nc3[C@H](Cc3cc(F)cc(F)c3)NC(=O)Cn3nc(C(F)(F)F)c4c3C(F)(F)[C@H]3C4[C@H]3C)ccc(Cl)c12. The number of aromatic nitrogens is 5. The monoisotopic (exact) mass is 906 g/mol. The largest absolute Gasteiger partial charge is 0.435 e. The number of carbonyl (C=O) groups is 1. The van der Waals surface area contributed by atoms with Crippen LogP contribution >= 0.6 is 11.6 Å². The third-order valence-corrected chi connectivity index (χ3v) is 14.2. The van der Waals surface area contributed by atoms with Gasteiger partial charge in [-0.25, -0.2) is 17.2 Å². The minimum Gasteiger partial charge on any atom is -0.346 e. The molecule has 2 aliphatic rings. The minimum absolute atomic E-state index is 0.00720. The van der Waals surface area contributed by atoms with E-state index in [1.54, 1.807) is 0 Å². The van der Waals surface area contributed by atoms with Gasteiger partial charge in [-0.15, -0.1) is 0 Å². The number of aryl methyl sites for hydroxylation is 2. The number of nitrogens with one attached hydrogen (secondary N) is 1. The number of hydrogen-bond donors (Lipinski definition) is 1. The topological polar surface area (TPSA) is 112 Å². The molecule has 0 bridgehead atoms. The highest BCUT2D eigenvalue weighted by Crippen LogP contribution is 2.71. The van der Waals surface area contributed by atoms with E-state index in [0.717, 1.165) is 18.4 Å². The molecular formula is C40H37ClF10N6O3S. The standard InChI is InChI=1S/C40H37ClF10N6O3S/c1-18-29-31-35(40(49,50)51)55-56(36(31)39(47,48)32(18)29)16-28(58)53-27(14-20-12-21(42)15-22(43)13-20)33-24(7-6-23(52-33)10-11-37(3,4)61(5,59)60)25-8-9-26(41)30-19(2)54-57(34(25)30)17-38(44,45)46/h6-9,12-13,15,18,27,29,32H,10-11,14,16-17H2,1-5H3,(H,53,58)/t18-,27+,29?,32-/m1/s1. The molecule has 1 unspecified atom stereocenters. The van der Waals surface area contributed by atoms with Crippen LogP contribution in [0.2, 0.25) is 5.02 Å². The van der Waals surface area contributed by atoms with Crippen LogP contribution in [0, 0.1) is 30.4 Å². The van der Waals surface area contributed by atoms with Crippen molar-refractivity contribution in [2.45, 2.75) is 95.0 Å². The van der Waals surface area contributed by atoms with Crippen molar-refractivity contribution < 1.29 is 57.1 Å². The average molecular weight is 907 g/mol. The van der Waals surface area contributed by atoms with Crippen LogP contribution in [0.5, 0.6) is 0 Å². The van der Waals surface area contributed by atoms with E-state index in [1.807, 2.05) is 0 Å². The second-order valence-electron chi connectivity index (χ2n) is 16.3. The molecule has 1 saturated carbocycles. The first-order chi connectivity index (χ1) is 28.1. The molecule has 9 nitrogen and oxygen atoms in total. The lowest BCUT2D eigenvalue weighted by Gasteiger charge is -2.25. The van der Waals surface area contributed by atoms with Crippen molar-refractivity contribution in [1.29, 1.82) is 0 Å². The van der Waals surface area contributed by atoms with E-state index in [2.05, 4.69) is 15.5 Å². The van der Waals surface area contributed by atoms with Crippen LogP contribution < -0.4 is 5.32 Å². The Morgan fingerprint density at radius 2 is 1.61 bits per heavy atom. The van der Waals surface area contributed by atoms with E-state index in [4.69, 9.17) is 16.6 Å². The van der Waals surface area contributed by atoms with Crippen LogP contribution in [0.25, 0.3) is 22.0 Å². The second kappa shape index (κ2) is 15.0. The number of nitrogens with zero attached hydrogens (tertiary/aromatic N) is 5. The molecule has 3 aromatic heterocycles. The van der Waals surface area contributed by atoms with Gasteiger partial charge in [0.1, 0.15) is 30.4 Å². The summed E-state index contributed by atoms with van der Waals surface area (Å²) in [5.41, 5.74) is -3.23. The summed E-state index contributed by atoms with van der Waals surface area (Å²) >= 11 is 6.49. The van der Waals surface area contributed by atoms with Crippen LogP contribution in [0.15, 0.2) is 42.5 Å². The molecule has 2 aromatic carbocycles. The first kappa shape index (κ1) is 44.3. The van der Waals surface area contributed by atoms with E-state index in [1.165, 1.54) is 52.0 Å². The highest BCUT2D eigenvalue weighted by Gasteiger charge is 2.72. The molecule has 1 fully saturated rings. The summed E-state index contributed by atoms with van der Waals surface area (Å²) in [4.78, 5) is 18.8. The lowest BCUT2D eigenvalue weighted by atomic mass is 9.93. The number of sulfone groups is 1. The molecule has 1 N–H and O–H groups in total. The molecule has 0 saturated heterocycles. The molecule has 3 heterocycles. The number of rotatable bonds is 12. The molecule has 5 aromatic rings. The highest BCUT2D eigenvalue weighted by atomic mass is 35.5. The summed E-state index contributed by atoms with van der Waals surface area (Å²) in [5, 5.41) is 10.2. The lowest BCUT2D eigenvalue weighted by Crippen LogP contribution is -2.35. The fourth-order valence-electron chi connectivity index (χ4n) is 8.37. The van der Waals surface area contributed by atoms with Crippen LogP contribution in [0.4, 0.5) is 43.9 Å². The van der Waals surface area contributed by atoms with E-state index in [-0.39, 0.29) is 62.5 Å². The number of benzene rings is 2. The lowest BCUT2D eigenvalue weighted by molar-refractivity contribution is -0.143. The Labute approximate surface area is 347 Å². The van der Waals surface area contributed by atoms with E-state index >= 15 is 8.78 Å². The second-order valence-corrected chi connectivity index (χ2v) is 19.4. The average Bonchev–Trinajstić information content (AvgIpc) is 3.34. The summed E-state index contributed by atoms with van der Waals surface area (Å²) in [7, 11) is -3.62. The predicted octanol–water partition coefficient (Wildman–Crippen LogP) is 9.43. The van der Waals surface area contributed by atoms with Gasteiger partial charge in [0.15, 0.2) is 15.5 Å². The number of amides is 1. The number of pyridine rings is 1. The summed E-state index contributed by atoms with van der Waals surface area (Å²) in [6.07, 6.45) is -9.38. The molecule has 328 valence electrons. The Bertz CT molecular complexity index is 2670. The molecule has 1 amide bonds. The van der Waals surface area contributed by atoms with Gasteiger partial charge in [-0.3, -0.25) is 19.1 Å². The van der Waals surface area contributed by atoms with Gasteiger partial charge in [0.05, 0.1) is 32.7 Å². The van der Waals surface area contributed by atoms with E-state index < -0.39 is 111 Å². The number of alkyl halides is 8. The number of fused-ring (bicyclic) bond motifs is 4. The zero-order chi connectivity index (χ0) is 44.9. The van der Waals surface area contributed by atoms with Crippen LogP contribution in [-0.4, -0.2) is 56.0 Å². The van der Waals surface area contributed by atoms with Crippen molar-refractivity contribution in [3.63, 3.8) is 0 Å². The Kier molecular flexibility index (Phi) is 10.9. The Hall–Kier alpha value is -4.72. The minimum atomic E-state index is -5.14. The molecule has 4 atom stereocenters. The van der Waals surface area contributed by atoms with Gasteiger partial charge in [0, 0.05) is 51.9 Å². The zero-order valence-corrected chi connectivity index (χ0v) is 34.5. The van der Waals surface area contributed by atoms with Gasteiger partial charge < -0.3 is 5.32 Å². The first-order valence-corrected chi connectivity index (χ1v) is 21.1. The van der Waals surface area contributed by atoms with Gasteiger partial charge in [-0.05, 0) is 75.8 Å². The van der Waals surface area contributed by atoms with Crippen molar-refractivity contribution in [2.24, 2.45) is 11.8 Å². The third-order valence-electron chi connectivity index (χ3n) is 11.6. The van der Waals surface area contributed by atoms with Gasteiger partial charge >= 0.3 is 12.4 Å². The summed E-state index contributed by atoms with van der Waals surface area (Å²) in [6.45, 7) is 3.06. The molecule has 21 heteroatoms. The number of halogens is 11. The van der Waals surface area contributed by atoms with Crippen LogP contribution in [-0.2, 0) is 52.7 Å². The zero-order valence-electron chi connectivity index (χ0n) is 32.9. The van der Waals surface area contributed by atoms with Crippen LogP contribution in [0.1, 0.15) is 78.7 Å². The van der Waals surface area contributed by atoms with Gasteiger partial charge in [0.2, 0.25) is 5.91 Å². The molecular weight excluding hydrogens is 870 g/mol. The first-order valence-electron chi connectivity index (χ1n) is 18.8. The van der Waals surface area contributed by atoms with Gasteiger partial charge in [-0.2, -0.15) is 45.3 Å². The predicted molar refractivity (Wildman–Crippen MR) is 203 cm³/mol. The smallest absolute Gasteiger partial charge is 0.346 e. The quantitative estimate of drug-likeness (QED) is 0.125. The van der Waals surface area contributed by atoms with E-state index in [0.29, 0.717) is 15.4 Å². The van der Waals surface area contributed by atoms with Gasteiger partial charge in [-0.1, -0.05) is 30.7 Å². The number of carbonyl (C=O) groups excluding carboxylic acids is 1. The summed E-state index contributed by atoms with van der Waals surface area (Å²) in [5.74, 6) is -10.4. The molecule has 2 aliphatic carbocycles. The summed E-state index contributed by atoms with van der Waals surface area (Å²) < 4.78 is 170. The Balaban J connectivity index is 1.39. The van der Waals surface area contributed by atoms with Crippen LogP contribution in [0.3, 0.4) is 0 Å². The summed E-state index contributed by atoms with van der Waals surface area (Å²) in [6, 6.07) is 6.56. The normalized spacial score (nSPS) is 19.2. The maximum atomic E-state index is 15.7. The molecule has 0 radical (unpaired) electrons. The van der Waals surface area contributed by atoms with Gasteiger partial charge in [0.25, 0.3) is 5.92 Å². The van der Waals surface area contributed by atoms with Crippen molar-refractivity contribution >= 4 is 38.2 Å². The van der Waals surface area contributed by atoms with Crippen molar-refractivity contribution in [1.82, 2.24) is 29.9 Å². The van der Waals surface area contributed by atoms with E-state index in [9.17, 15) is 48.3 Å². The fourth-order valence-corrected chi connectivity index (χ4v) is 9.13. The van der Waals surface area contributed by atoms with Crippen molar-refractivity contribution in [3.8, 4) is 11.1 Å². The third kappa shape index (κ3) is 8.33. The Morgan fingerprint density at radius 3 is 2.21 bits per heavy atom. The molecule has 7 rings (SSSR count). The molecule has 61 heavy (non-hydrogen) atoms. The maximum absolute atomic E-state index is 15.7. The Morgan fingerprint density at radius 1 is 0.967 bits per heavy atom. The maximum Gasteiger partial charge on any atom is 0.435 e. The fraction of sp³-hybridized carbons (Fsp3) is 0.450. The van der Waals surface area contributed by atoms with Crippen molar-refractivity contribution in [2.75, 3.05) is 6.26 Å². The molecule has 0 spiro atoms.